The van der Waals surface area contributed by atoms with E-state index in [1.807, 2.05) is 0 Å². The van der Waals surface area contributed by atoms with Crippen LogP contribution in [0.25, 0.3) is 0 Å². The molecule has 0 aromatic carbocycles. The van der Waals surface area contributed by atoms with Crippen LogP contribution in [0, 0.1) is 0 Å². The normalized spacial score (nSPS) is 21.5. The lowest BCUT2D eigenvalue weighted by Gasteiger charge is -2.23. The minimum absolute atomic E-state index is 0. The van der Waals surface area contributed by atoms with Gasteiger partial charge in [-0.1, -0.05) is 6.42 Å². The summed E-state index contributed by atoms with van der Waals surface area (Å²) in [5.74, 6) is -0.535. The molecular formula is C10H19ClN2O3. The Hall–Kier alpha value is -0.810. The van der Waals surface area contributed by atoms with Crippen LogP contribution in [0.2, 0.25) is 0 Å². The van der Waals surface area contributed by atoms with Gasteiger partial charge in [0.05, 0.1) is 13.2 Å². The largest absolute Gasteiger partial charge is 0.467 e. The highest BCUT2D eigenvalue weighted by Crippen LogP contribution is 2.07. The molecule has 16 heavy (non-hydrogen) atoms. The van der Waals surface area contributed by atoms with Crippen LogP contribution in [0.15, 0.2) is 0 Å². The van der Waals surface area contributed by atoms with E-state index >= 15 is 0 Å². The first-order chi connectivity index (χ1) is 7.15. The minimum Gasteiger partial charge on any atom is -0.467 e. The Bertz CT molecular complexity index is 242. The zero-order valence-electron chi connectivity index (χ0n) is 9.62. The monoisotopic (exact) mass is 250 g/mol. The molecule has 1 rings (SSSR count). The molecule has 0 aromatic rings. The molecule has 0 aromatic heterocycles. The second-order valence-electron chi connectivity index (χ2n) is 3.76. The van der Waals surface area contributed by atoms with Crippen molar-refractivity contribution in [3.8, 4) is 0 Å². The average molecular weight is 251 g/mol. The molecule has 1 aliphatic rings. The number of carbonyl (C=O) groups excluding carboxylic acids is 2. The van der Waals surface area contributed by atoms with Gasteiger partial charge in [0.25, 0.3) is 0 Å². The molecule has 2 N–H and O–H groups in total. The zero-order valence-corrected chi connectivity index (χ0v) is 10.4. The van der Waals surface area contributed by atoms with E-state index in [1.165, 1.54) is 7.11 Å². The van der Waals surface area contributed by atoms with Crippen LogP contribution in [-0.2, 0) is 14.3 Å². The van der Waals surface area contributed by atoms with Gasteiger partial charge in [-0.25, -0.2) is 4.79 Å². The third-order valence-corrected chi connectivity index (χ3v) is 2.54. The van der Waals surface area contributed by atoms with Gasteiger partial charge >= 0.3 is 5.97 Å². The van der Waals surface area contributed by atoms with Crippen molar-refractivity contribution in [3.63, 3.8) is 0 Å². The fourth-order valence-electron chi connectivity index (χ4n) is 1.63. The molecule has 0 aliphatic carbocycles. The van der Waals surface area contributed by atoms with Crippen molar-refractivity contribution in [1.82, 2.24) is 10.6 Å². The Morgan fingerprint density at radius 3 is 2.62 bits per heavy atom. The molecule has 6 heteroatoms. The second-order valence-corrected chi connectivity index (χ2v) is 3.76. The van der Waals surface area contributed by atoms with E-state index < -0.39 is 12.0 Å². The number of hydrogen-bond donors (Lipinski definition) is 2. The first-order valence-electron chi connectivity index (χ1n) is 5.26. The third-order valence-electron chi connectivity index (χ3n) is 2.54. The molecule has 1 aliphatic heterocycles. The highest BCUT2D eigenvalue weighted by atomic mass is 35.5. The van der Waals surface area contributed by atoms with Crippen molar-refractivity contribution in [2.75, 3.05) is 13.7 Å². The molecule has 2 atom stereocenters. The molecule has 5 nitrogen and oxygen atoms in total. The van der Waals surface area contributed by atoms with Crippen LogP contribution in [0.4, 0.5) is 0 Å². The third kappa shape index (κ3) is 4.37. The molecule has 94 valence electrons. The summed E-state index contributed by atoms with van der Waals surface area (Å²) in [6.45, 7) is 2.48. The average Bonchev–Trinajstić information content (AvgIpc) is 2.29. The van der Waals surface area contributed by atoms with E-state index in [-0.39, 0.29) is 24.4 Å². The lowest BCUT2D eigenvalue weighted by molar-refractivity contribution is -0.144. The maximum atomic E-state index is 11.6. The quantitative estimate of drug-likeness (QED) is 0.704. The molecule has 1 saturated heterocycles. The predicted molar refractivity (Wildman–Crippen MR) is 62.5 cm³/mol. The van der Waals surface area contributed by atoms with Gasteiger partial charge in [-0.15, -0.1) is 12.4 Å². The molecule has 0 saturated carbocycles. The molecule has 0 bridgehead atoms. The van der Waals surface area contributed by atoms with E-state index in [4.69, 9.17) is 0 Å². The fourth-order valence-corrected chi connectivity index (χ4v) is 1.63. The van der Waals surface area contributed by atoms with Crippen LogP contribution in [0.5, 0.6) is 0 Å². The molecule has 1 heterocycles. The van der Waals surface area contributed by atoms with Crippen molar-refractivity contribution < 1.29 is 14.3 Å². The number of carbonyl (C=O) groups is 2. The van der Waals surface area contributed by atoms with E-state index in [2.05, 4.69) is 15.4 Å². The van der Waals surface area contributed by atoms with Gasteiger partial charge in [-0.3, -0.25) is 4.79 Å². The van der Waals surface area contributed by atoms with Crippen molar-refractivity contribution in [2.24, 2.45) is 0 Å². The number of hydrogen-bond acceptors (Lipinski definition) is 4. The summed E-state index contributed by atoms with van der Waals surface area (Å²) >= 11 is 0. The Morgan fingerprint density at radius 2 is 2.12 bits per heavy atom. The number of rotatable bonds is 3. The summed E-state index contributed by atoms with van der Waals surface area (Å²) in [6, 6.07) is -0.739. The zero-order chi connectivity index (χ0) is 11.3. The molecule has 0 spiro atoms. The SMILES string of the molecule is COC(=O)[C@H](C)NC(=O)[C@@H]1CCCCN1.Cl. The van der Waals surface area contributed by atoms with Gasteiger partial charge < -0.3 is 15.4 Å². The van der Waals surface area contributed by atoms with E-state index in [0.717, 1.165) is 25.8 Å². The first-order valence-corrected chi connectivity index (χ1v) is 5.26. The molecule has 0 radical (unpaired) electrons. The second kappa shape index (κ2) is 7.46. The minimum atomic E-state index is -0.578. The molecular weight excluding hydrogens is 232 g/mol. The molecule has 1 amide bonds. The summed E-state index contributed by atoms with van der Waals surface area (Å²) < 4.78 is 4.53. The Balaban J connectivity index is 0.00000225. The number of methoxy groups -OCH3 is 1. The highest BCUT2D eigenvalue weighted by molar-refractivity contribution is 5.87. The van der Waals surface area contributed by atoms with Crippen LogP contribution in [-0.4, -0.2) is 37.6 Å². The van der Waals surface area contributed by atoms with Crippen LogP contribution in [0.3, 0.4) is 0 Å². The number of ether oxygens (including phenoxy) is 1. The highest BCUT2D eigenvalue weighted by Gasteiger charge is 2.23. The van der Waals surface area contributed by atoms with Crippen LogP contribution in [0.1, 0.15) is 26.2 Å². The maximum Gasteiger partial charge on any atom is 0.328 e. The fraction of sp³-hybridized carbons (Fsp3) is 0.800. The summed E-state index contributed by atoms with van der Waals surface area (Å²) in [4.78, 5) is 22.7. The number of piperidine rings is 1. The number of halogens is 1. The number of amides is 1. The smallest absolute Gasteiger partial charge is 0.328 e. The standard InChI is InChI=1S/C10H18N2O3.ClH/c1-7(10(14)15-2)12-9(13)8-5-3-4-6-11-8;/h7-8,11H,3-6H2,1-2H3,(H,12,13);1H/t7-,8-;/m0./s1. The summed E-state index contributed by atoms with van der Waals surface area (Å²) in [5, 5.41) is 5.74. The lowest BCUT2D eigenvalue weighted by atomic mass is 10.0. The van der Waals surface area contributed by atoms with E-state index in [0.29, 0.717) is 0 Å². The topological polar surface area (TPSA) is 67.4 Å². The number of nitrogens with one attached hydrogen (secondary N) is 2. The molecule has 0 unspecified atom stereocenters. The first kappa shape index (κ1) is 15.2. The lowest BCUT2D eigenvalue weighted by Crippen LogP contribution is -2.50. The number of esters is 1. The van der Waals surface area contributed by atoms with Gasteiger partial charge in [0, 0.05) is 0 Å². The Labute approximate surface area is 102 Å². The van der Waals surface area contributed by atoms with Crippen molar-refractivity contribution in [3.05, 3.63) is 0 Å². The van der Waals surface area contributed by atoms with Gasteiger partial charge in [0.2, 0.25) is 5.91 Å². The Kier molecular flexibility index (Phi) is 7.08. The van der Waals surface area contributed by atoms with Crippen LogP contribution >= 0.6 is 12.4 Å². The molecule has 1 fully saturated rings. The van der Waals surface area contributed by atoms with Crippen LogP contribution < -0.4 is 10.6 Å². The van der Waals surface area contributed by atoms with Gasteiger partial charge in [0.1, 0.15) is 6.04 Å². The Morgan fingerprint density at radius 1 is 1.44 bits per heavy atom. The van der Waals surface area contributed by atoms with Gasteiger partial charge in [-0.05, 0) is 26.3 Å². The van der Waals surface area contributed by atoms with Crippen molar-refractivity contribution >= 4 is 24.3 Å². The summed E-state index contributed by atoms with van der Waals surface area (Å²) in [7, 11) is 1.31. The van der Waals surface area contributed by atoms with Crippen molar-refractivity contribution in [2.45, 2.75) is 38.3 Å². The van der Waals surface area contributed by atoms with E-state index in [1.54, 1.807) is 6.92 Å². The summed E-state index contributed by atoms with van der Waals surface area (Å²) in [6.07, 6.45) is 2.99. The van der Waals surface area contributed by atoms with Crippen molar-refractivity contribution in [1.29, 1.82) is 0 Å². The van der Waals surface area contributed by atoms with Gasteiger partial charge in [-0.2, -0.15) is 0 Å². The van der Waals surface area contributed by atoms with E-state index in [9.17, 15) is 9.59 Å². The maximum absolute atomic E-state index is 11.6. The summed E-state index contributed by atoms with van der Waals surface area (Å²) in [5.41, 5.74) is 0. The predicted octanol–water partition coefficient (Wildman–Crippen LogP) is 0.228. The van der Waals surface area contributed by atoms with Gasteiger partial charge in [0.15, 0.2) is 0 Å².